The Kier molecular flexibility index (Phi) is 4.47. The molecule has 0 bridgehead atoms. The molecule has 0 atom stereocenters. The first kappa shape index (κ1) is 10.1. The predicted octanol–water partition coefficient (Wildman–Crippen LogP) is 0.416. The van der Waals surface area contributed by atoms with E-state index in [0.717, 1.165) is 0 Å². The molecule has 2 N–H and O–H groups in total. The Morgan fingerprint density at radius 1 is 1.36 bits per heavy atom. The van der Waals surface area contributed by atoms with Crippen LogP contribution in [-0.4, -0.2) is 19.7 Å². The Balaban J connectivity index is 3.98. The molecule has 0 unspecified atom stereocenters. The molecule has 0 aromatic carbocycles. The molecule has 6 nitrogen and oxygen atoms in total. The lowest BCUT2D eigenvalue weighted by Crippen LogP contribution is -2.31. The Bertz CT molecular complexity index is 129. The van der Waals surface area contributed by atoms with Crippen LogP contribution >= 0.6 is 0 Å². The average Bonchev–Trinajstić information content (AvgIpc) is 1.88. The first-order valence-corrected chi connectivity index (χ1v) is 3.08. The van der Waals surface area contributed by atoms with Crippen molar-refractivity contribution in [2.24, 2.45) is 21.7 Å². The Hall–Kier alpha value is -0.880. The van der Waals surface area contributed by atoms with Crippen LogP contribution < -0.4 is 5.90 Å². The van der Waals surface area contributed by atoms with E-state index in [1.54, 1.807) is 6.92 Å². The highest BCUT2D eigenvalue weighted by Crippen LogP contribution is 2.16. The van der Waals surface area contributed by atoms with Gasteiger partial charge in [0.1, 0.15) is 0 Å². The van der Waals surface area contributed by atoms with Crippen molar-refractivity contribution in [3.05, 3.63) is 9.81 Å². The van der Waals surface area contributed by atoms with E-state index >= 15 is 0 Å². The van der Waals surface area contributed by atoms with E-state index in [4.69, 9.17) is 5.90 Å². The molecule has 64 valence electrons. The Morgan fingerprint density at radius 3 is 2.09 bits per heavy atom. The summed E-state index contributed by atoms with van der Waals surface area (Å²) >= 11 is 0. The monoisotopic (exact) mass is 161 g/mol. The first-order chi connectivity index (χ1) is 5.18. The molecular weight excluding hydrogens is 150 g/mol. The third-order valence-corrected chi connectivity index (χ3v) is 1.32. The van der Waals surface area contributed by atoms with Crippen molar-refractivity contribution in [3.63, 3.8) is 0 Å². The summed E-state index contributed by atoms with van der Waals surface area (Å²) in [5.74, 6) is 4.79. The van der Waals surface area contributed by atoms with Gasteiger partial charge in [-0.2, -0.15) is 9.81 Å². The van der Waals surface area contributed by atoms with Crippen molar-refractivity contribution >= 4 is 0 Å². The number of nitrogens with two attached hydrogens (primary N) is 1. The molecule has 0 aliphatic carbocycles. The second kappa shape index (κ2) is 4.86. The van der Waals surface area contributed by atoms with Crippen molar-refractivity contribution < 1.29 is 4.84 Å². The van der Waals surface area contributed by atoms with E-state index in [-0.39, 0.29) is 19.7 Å². The van der Waals surface area contributed by atoms with Gasteiger partial charge in [-0.1, -0.05) is 17.3 Å². The van der Waals surface area contributed by atoms with Gasteiger partial charge >= 0.3 is 0 Å². The third-order valence-electron chi connectivity index (χ3n) is 1.32. The van der Waals surface area contributed by atoms with Crippen LogP contribution in [0, 0.1) is 15.2 Å². The summed E-state index contributed by atoms with van der Waals surface area (Å²) in [6.07, 6.45) is 0. The van der Waals surface area contributed by atoms with Crippen molar-refractivity contribution in [3.8, 4) is 0 Å². The van der Waals surface area contributed by atoms with Gasteiger partial charge in [0.25, 0.3) is 0 Å². The van der Waals surface area contributed by atoms with Crippen LogP contribution in [0.15, 0.2) is 10.4 Å². The number of hydrogen-bond donors (Lipinski definition) is 1. The largest absolute Gasteiger partial charge is 0.304 e. The van der Waals surface area contributed by atoms with Gasteiger partial charge in [-0.25, -0.2) is 5.90 Å². The van der Waals surface area contributed by atoms with Crippen molar-refractivity contribution in [2.75, 3.05) is 19.7 Å². The van der Waals surface area contributed by atoms with E-state index < -0.39 is 5.41 Å². The molecule has 0 fully saturated rings. The van der Waals surface area contributed by atoms with Crippen molar-refractivity contribution in [2.45, 2.75) is 6.92 Å². The summed E-state index contributed by atoms with van der Waals surface area (Å²) in [4.78, 5) is 24.1. The molecule has 0 amide bonds. The second-order valence-electron chi connectivity index (χ2n) is 2.70. The summed E-state index contributed by atoms with van der Waals surface area (Å²) in [5.41, 5.74) is -0.655. The zero-order valence-electron chi connectivity index (χ0n) is 6.32. The number of nitroso groups, excluding NO2 is 2. The van der Waals surface area contributed by atoms with Gasteiger partial charge in [0, 0.05) is 5.41 Å². The summed E-state index contributed by atoms with van der Waals surface area (Å²) in [5, 5.41) is 5.32. The van der Waals surface area contributed by atoms with Crippen molar-refractivity contribution in [1.82, 2.24) is 0 Å². The van der Waals surface area contributed by atoms with Crippen LogP contribution in [0.25, 0.3) is 0 Å². The summed E-state index contributed by atoms with van der Waals surface area (Å²) < 4.78 is 0. The maximum absolute atomic E-state index is 9.88. The fourth-order valence-electron chi connectivity index (χ4n) is 0.654. The SMILES string of the molecule is CC(CN=O)(CN=O)CON. The maximum Gasteiger partial charge on any atom is 0.0906 e. The summed E-state index contributed by atoms with van der Waals surface area (Å²) in [7, 11) is 0. The molecule has 0 aliphatic rings. The van der Waals surface area contributed by atoms with Crippen LogP contribution in [0.3, 0.4) is 0 Å². The van der Waals surface area contributed by atoms with Gasteiger partial charge in [-0.05, 0) is 0 Å². The molecule has 0 heterocycles. The lowest BCUT2D eigenvalue weighted by molar-refractivity contribution is 0.0621. The molecule has 0 saturated carbocycles. The van der Waals surface area contributed by atoms with Gasteiger partial charge in [0.05, 0.1) is 19.7 Å². The number of nitrogens with zero attached hydrogens (tertiary/aromatic N) is 2. The van der Waals surface area contributed by atoms with Crippen LogP contribution in [0.2, 0.25) is 0 Å². The molecule has 0 rings (SSSR count). The van der Waals surface area contributed by atoms with Gasteiger partial charge in [-0.3, -0.25) is 0 Å². The lowest BCUT2D eigenvalue weighted by Gasteiger charge is -2.20. The third kappa shape index (κ3) is 3.74. The zero-order valence-corrected chi connectivity index (χ0v) is 6.32. The molecule has 0 spiro atoms. The van der Waals surface area contributed by atoms with Gasteiger partial charge < -0.3 is 4.84 Å². The minimum atomic E-state index is -0.655. The van der Waals surface area contributed by atoms with E-state index in [1.165, 1.54) is 0 Å². The normalized spacial score (nSPS) is 11.1. The topological polar surface area (TPSA) is 94.1 Å². The number of hydrogen-bond acceptors (Lipinski definition) is 6. The zero-order chi connectivity index (χ0) is 8.74. The second-order valence-corrected chi connectivity index (χ2v) is 2.70. The van der Waals surface area contributed by atoms with Crippen molar-refractivity contribution in [1.29, 1.82) is 0 Å². The molecule has 11 heavy (non-hydrogen) atoms. The van der Waals surface area contributed by atoms with E-state index in [2.05, 4.69) is 15.2 Å². The average molecular weight is 161 g/mol. The molecule has 0 aromatic heterocycles. The Morgan fingerprint density at radius 2 is 1.82 bits per heavy atom. The van der Waals surface area contributed by atoms with Gasteiger partial charge in [0.15, 0.2) is 0 Å². The van der Waals surface area contributed by atoms with E-state index in [0.29, 0.717) is 0 Å². The molecule has 0 saturated heterocycles. The summed E-state index contributed by atoms with van der Waals surface area (Å²) in [6.45, 7) is 1.72. The lowest BCUT2D eigenvalue weighted by atomic mass is 9.92. The minimum absolute atomic E-state index is 0.0179. The minimum Gasteiger partial charge on any atom is -0.304 e. The van der Waals surface area contributed by atoms with E-state index in [1.807, 2.05) is 0 Å². The predicted molar refractivity (Wildman–Crippen MR) is 39.6 cm³/mol. The van der Waals surface area contributed by atoms with Gasteiger partial charge in [0.2, 0.25) is 0 Å². The molecule has 0 aromatic rings. The highest BCUT2D eigenvalue weighted by molar-refractivity contribution is 4.78. The smallest absolute Gasteiger partial charge is 0.0906 e. The molecule has 0 radical (unpaired) electrons. The quantitative estimate of drug-likeness (QED) is 0.451. The highest BCUT2D eigenvalue weighted by atomic mass is 16.6. The van der Waals surface area contributed by atoms with Crippen LogP contribution in [0.4, 0.5) is 0 Å². The molecule has 6 heteroatoms. The highest BCUT2D eigenvalue weighted by Gasteiger charge is 2.25. The van der Waals surface area contributed by atoms with Crippen LogP contribution in [-0.2, 0) is 4.84 Å². The van der Waals surface area contributed by atoms with E-state index in [9.17, 15) is 9.81 Å². The summed E-state index contributed by atoms with van der Waals surface area (Å²) in [6, 6.07) is 0. The van der Waals surface area contributed by atoms with Crippen LogP contribution in [0.5, 0.6) is 0 Å². The fraction of sp³-hybridized carbons (Fsp3) is 1.00. The molecular formula is C5H11N3O3. The maximum atomic E-state index is 9.88. The van der Waals surface area contributed by atoms with Gasteiger partial charge in [-0.15, -0.1) is 0 Å². The number of rotatable bonds is 6. The standard InChI is InChI=1S/C5H11N3O3/c1-5(2-7-9,3-8-10)4-11-6/h2-4,6H2,1H3. The van der Waals surface area contributed by atoms with Crippen LogP contribution in [0.1, 0.15) is 6.92 Å². The molecule has 0 aliphatic heterocycles. The fourth-order valence-corrected chi connectivity index (χ4v) is 0.654. The Labute approximate surface area is 64.0 Å². The first-order valence-electron chi connectivity index (χ1n) is 3.08.